The third-order valence-corrected chi connectivity index (χ3v) is 5.48. The molecule has 3 aromatic rings. The Labute approximate surface area is 193 Å². The standard InChI is InChI=1S/C26H28N2O5/c1-30-22-9-6-18(7-10-22)12-21(13-19-8-11-24-25(15-19)33-17-32-24)28-26(29)27-16-20-4-3-5-23(14-20)31-2/h3-11,14-15,21H,12-13,16-17H2,1-2H3,(H2,27,28,29)/t21-/m0/s1. The molecule has 1 aliphatic rings. The molecular weight excluding hydrogens is 420 g/mol. The zero-order valence-corrected chi connectivity index (χ0v) is 18.8. The number of hydrogen-bond acceptors (Lipinski definition) is 5. The molecule has 172 valence electrons. The van der Waals surface area contributed by atoms with Crippen LogP contribution in [-0.4, -0.2) is 33.1 Å². The molecule has 0 aromatic heterocycles. The lowest BCUT2D eigenvalue weighted by Gasteiger charge is -2.20. The summed E-state index contributed by atoms with van der Waals surface area (Å²) in [5.74, 6) is 3.04. The summed E-state index contributed by atoms with van der Waals surface area (Å²) >= 11 is 0. The minimum Gasteiger partial charge on any atom is -0.497 e. The van der Waals surface area contributed by atoms with Crippen LogP contribution in [0.15, 0.2) is 66.7 Å². The van der Waals surface area contributed by atoms with Gasteiger partial charge in [-0.15, -0.1) is 0 Å². The molecule has 2 N–H and O–H groups in total. The second-order valence-electron chi connectivity index (χ2n) is 7.82. The molecule has 0 unspecified atom stereocenters. The number of fused-ring (bicyclic) bond motifs is 1. The molecule has 0 radical (unpaired) electrons. The second-order valence-corrected chi connectivity index (χ2v) is 7.82. The average molecular weight is 449 g/mol. The highest BCUT2D eigenvalue weighted by Crippen LogP contribution is 2.33. The van der Waals surface area contributed by atoms with Crippen molar-refractivity contribution in [3.63, 3.8) is 0 Å². The lowest BCUT2D eigenvalue weighted by molar-refractivity contribution is 0.174. The van der Waals surface area contributed by atoms with Crippen molar-refractivity contribution in [1.82, 2.24) is 10.6 Å². The van der Waals surface area contributed by atoms with E-state index in [9.17, 15) is 4.79 Å². The van der Waals surface area contributed by atoms with Gasteiger partial charge in [0, 0.05) is 12.6 Å². The largest absolute Gasteiger partial charge is 0.497 e. The molecule has 4 rings (SSSR count). The van der Waals surface area contributed by atoms with Gasteiger partial charge in [-0.3, -0.25) is 0 Å². The fourth-order valence-electron chi connectivity index (χ4n) is 3.77. The Morgan fingerprint density at radius 3 is 2.36 bits per heavy atom. The molecule has 0 aliphatic carbocycles. The monoisotopic (exact) mass is 448 g/mol. The Bertz CT molecular complexity index is 1080. The van der Waals surface area contributed by atoms with Crippen LogP contribution in [0.4, 0.5) is 4.79 Å². The second kappa shape index (κ2) is 10.6. The van der Waals surface area contributed by atoms with Crippen molar-refractivity contribution in [1.29, 1.82) is 0 Å². The maximum absolute atomic E-state index is 12.7. The Balaban J connectivity index is 1.43. The summed E-state index contributed by atoms with van der Waals surface area (Å²) in [4.78, 5) is 12.7. The summed E-state index contributed by atoms with van der Waals surface area (Å²) in [6, 6.07) is 21.1. The summed E-state index contributed by atoms with van der Waals surface area (Å²) in [6.45, 7) is 0.640. The fraction of sp³-hybridized carbons (Fsp3) is 0.269. The van der Waals surface area contributed by atoms with E-state index < -0.39 is 0 Å². The van der Waals surface area contributed by atoms with Crippen LogP contribution in [0, 0.1) is 0 Å². The molecule has 0 fully saturated rings. The minimum absolute atomic E-state index is 0.121. The predicted octanol–water partition coefficient (Wildman–Crippen LogP) is 4.09. The van der Waals surface area contributed by atoms with Gasteiger partial charge in [-0.25, -0.2) is 4.79 Å². The molecule has 33 heavy (non-hydrogen) atoms. The van der Waals surface area contributed by atoms with Gasteiger partial charge in [0.25, 0.3) is 0 Å². The van der Waals surface area contributed by atoms with Gasteiger partial charge < -0.3 is 29.6 Å². The van der Waals surface area contributed by atoms with Gasteiger partial charge in [0.05, 0.1) is 14.2 Å². The van der Waals surface area contributed by atoms with Crippen LogP contribution in [0.1, 0.15) is 16.7 Å². The molecule has 1 atom stereocenters. The molecule has 0 saturated heterocycles. The van der Waals surface area contributed by atoms with E-state index >= 15 is 0 Å². The van der Waals surface area contributed by atoms with Crippen molar-refractivity contribution in [2.24, 2.45) is 0 Å². The van der Waals surface area contributed by atoms with Gasteiger partial charge >= 0.3 is 6.03 Å². The van der Waals surface area contributed by atoms with Gasteiger partial charge in [-0.1, -0.05) is 30.3 Å². The van der Waals surface area contributed by atoms with Crippen LogP contribution in [0.2, 0.25) is 0 Å². The van der Waals surface area contributed by atoms with Crippen LogP contribution in [0.25, 0.3) is 0 Å². The van der Waals surface area contributed by atoms with Crippen molar-refractivity contribution < 1.29 is 23.7 Å². The Morgan fingerprint density at radius 2 is 1.58 bits per heavy atom. The third kappa shape index (κ3) is 6.10. The number of urea groups is 1. The van der Waals surface area contributed by atoms with Gasteiger partial charge in [0.2, 0.25) is 6.79 Å². The maximum atomic E-state index is 12.7. The normalized spacial score (nSPS) is 12.7. The first-order valence-electron chi connectivity index (χ1n) is 10.8. The van der Waals surface area contributed by atoms with Crippen molar-refractivity contribution in [2.75, 3.05) is 21.0 Å². The molecule has 3 aromatic carbocycles. The number of carbonyl (C=O) groups is 1. The lowest BCUT2D eigenvalue weighted by Crippen LogP contribution is -2.43. The van der Waals surface area contributed by atoms with E-state index in [0.29, 0.717) is 19.4 Å². The summed E-state index contributed by atoms with van der Waals surface area (Å²) in [7, 11) is 3.27. The van der Waals surface area contributed by atoms with Crippen molar-refractivity contribution >= 4 is 6.03 Å². The number of methoxy groups -OCH3 is 2. The lowest BCUT2D eigenvalue weighted by atomic mass is 9.98. The van der Waals surface area contributed by atoms with E-state index in [1.54, 1.807) is 14.2 Å². The van der Waals surface area contributed by atoms with Gasteiger partial charge in [0.1, 0.15) is 11.5 Å². The smallest absolute Gasteiger partial charge is 0.315 e. The highest BCUT2D eigenvalue weighted by Gasteiger charge is 2.18. The Kier molecular flexibility index (Phi) is 7.19. The van der Waals surface area contributed by atoms with E-state index in [1.807, 2.05) is 66.7 Å². The summed E-state index contributed by atoms with van der Waals surface area (Å²) in [5, 5.41) is 6.07. The highest BCUT2D eigenvalue weighted by atomic mass is 16.7. The van der Waals surface area contributed by atoms with E-state index in [0.717, 1.165) is 39.7 Å². The summed E-state index contributed by atoms with van der Waals surface area (Å²) < 4.78 is 21.4. The zero-order chi connectivity index (χ0) is 23.0. The van der Waals surface area contributed by atoms with Gasteiger partial charge in [-0.05, 0) is 65.9 Å². The van der Waals surface area contributed by atoms with Crippen molar-refractivity contribution in [3.05, 3.63) is 83.4 Å². The molecule has 0 bridgehead atoms. The van der Waals surface area contributed by atoms with E-state index in [4.69, 9.17) is 18.9 Å². The number of benzene rings is 3. The SMILES string of the molecule is COc1ccc(C[C@@H](Cc2ccc3c(c2)OCO3)NC(=O)NCc2cccc(OC)c2)cc1. The first-order valence-corrected chi connectivity index (χ1v) is 10.8. The summed E-state index contributed by atoms with van der Waals surface area (Å²) in [5.41, 5.74) is 3.13. The molecular formula is C26H28N2O5. The maximum Gasteiger partial charge on any atom is 0.315 e. The van der Waals surface area contributed by atoms with Crippen LogP contribution >= 0.6 is 0 Å². The Hall–Kier alpha value is -3.87. The first kappa shape index (κ1) is 22.3. The van der Waals surface area contributed by atoms with Gasteiger partial charge in [-0.2, -0.15) is 0 Å². The molecule has 0 spiro atoms. The number of carbonyl (C=O) groups excluding carboxylic acids is 1. The molecule has 7 nitrogen and oxygen atoms in total. The van der Waals surface area contributed by atoms with Gasteiger partial charge in [0.15, 0.2) is 11.5 Å². The van der Waals surface area contributed by atoms with E-state index in [2.05, 4.69) is 10.6 Å². The third-order valence-electron chi connectivity index (χ3n) is 5.48. The zero-order valence-electron chi connectivity index (χ0n) is 18.8. The van der Waals surface area contributed by atoms with Crippen LogP contribution in [-0.2, 0) is 19.4 Å². The average Bonchev–Trinajstić information content (AvgIpc) is 3.31. The van der Waals surface area contributed by atoms with Crippen LogP contribution in [0.5, 0.6) is 23.0 Å². The molecule has 7 heteroatoms. The molecule has 1 heterocycles. The number of rotatable bonds is 9. The van der Waals surface area contributed by atoms with Crippen molar-refractivity contribution in [2.45, 2.75) is 25.4 Å². The van der Waals surface area contributed by atoms with E-state index in [-0.39, 0.29) is 18.9 Å². The predicted molar refractivity (Wildman–Crippen MR) is 125 cm³/mol. The number of hydrogen-bond donors (Lipinski definition) is 2. The topological polar surface area (TPSA) is 78.0 Å². The molecule has 1 aliphatic heterocycles. The van der Waals surface area contributed by atoms with Crippen LogP contribution < -0.4 is 29.6 Å². The Morgan fingerprint density at radius 1 is 0.848 bits per heavy atom. The molecule has 2 amide bonds. The first-order chi connectivity index (χ1) is 16.1. The van der Waals surface area contributed by atoms with E-state index in [1.165, 1.54) is 0 Å². The fourth-order valence-corrected chi connectivity index (χ4v) is 3.77. The highest BCUT2D eigenvalue weighted by molar-refractivity contribution is 5.74. The number of ether oxygens (including phenoxy) is 4. The summed E-state index contributed by atoms with van der Waals surface area (Å²) in [6.07, 6.45) is 1.32. The minimum atomic E-state index is -0.225. The number of nitrogens with one attached hydrogen (secondary N) is 2. The van der Waals surface area contributed by atoms with Crippen LogP contribution in [0.3, 0.4) is 0 Å². The van der Waals surface area contributed by atoms with Crippen molar-refractivity contribution in [3.8, 4) is 23.0 Å². The quantitative estimate of drug-likeness (QED) is 0.516. The number of amides is 2. The molecule has 0 saturated carbocycles.